The first kappa shape index (κ1) is 16.5. The highest BCUT2D eigenvalue weighted by atomic mass is 19.1. The highest BCUT2D eigenvalue weighted by Crippen LogP contribution is 2.22. The number of guanidine groups is 1. The highest BCUT2D eigenvalue weighted by Gasteiger charge is 2.21. The summed E-state index contributed by atoms with van der Waals surface area (Å²) in [5, 5.41) is 6.66. The van der Waals surface area contributed by atoms with E-state index in [9.17, 15) is 4.39 Å². The first-order valence-corrected chi connectivity index (χ1v) is 7.12. The lowest BCUT2D eigenvalue weighted by molar-refractivity contribution is 0.502. The van der Waals surface area contributed by atoms with Crippen molar-refractivity contribution in [1.29, 1.82) is 0 Å². The summed E-state index contributed by atoms with van der Waals surface area (Å²) in [6.07, 6.45) is 1.04. The van der Waals surface area contributed by atoms with Gasteiger partial charge in [0.1, 0.15) is 5.82 Å². The molecule has 0 saturated heterocycles. The molecular weight excluding hydrogens is 253 g/mol. The van der Waals surface area contributed by atoms with Crippen LogP contribution in [-0.2, 0) is 5.41 Å². The van der Waals surface area contributed by atoms with Gasteiger partial charge in [-0.25, -0.2) is 4.39 Å². The van der Waals surface area contributed by atoms with Crippen LogP contribution in [0.3, 0.4) is 0 Å². The minimum atomic E-state index is -0.202. The number of rotatable bonds is 5. The normalized spacial score (nSPS) is 14.0. The van der Waals surface area contributed by atoms with Gasteiger partial charge < -0.3 is 10.6 Å². The van der Waals surface area contributed by atoms with E-state index in [1.165, 1.54) is 12.1 Å². The Hall–Kier alpha value is -1.58. The topological polar surface area (TPSA) is 36.4 Å². The lowest BCUT2D eigenvalue weighted by Gasteiger charge is -2.27. The Kier molecular flexibility index (Phi) is 5.99. The third kappa shape index (κ3) is 4.83. The van der Waals surface area contributed by atoms with Crippen LogP contribution < -0.4 is 10.6 Å². The fraction of sp³-hybridized carbons (Fsp3) is 0.562. The Morgan fingerprint density at radius 3 is 2.40 bits per heavy atom. The summed E-state index contributed by atoms with van der Waals surface area (Å²) in [7, 11) is 1.77. The highest BCUT2D eigenvalue weighted by molar-refractivity contribution is 5.80. The summed E-state index contributed by atoms with van der Waals surface area (Å²) in [5.74, 6) is 0.598. The number of benzene rings is 1. The van der Waals surface area contributed by atoms with Gasteiger partial charge in [-0.2, -0.15) is 0 Å². The molecule has 1 atom stereocenters. The van der Waals surface area contributed by atoms with E-state index < -0.39 is 0 Å². The lowest BCUT2D eigenvalue weighted by Crippen LogP contribution is -2.46. The van der Waals surface area contributed by atoms with Crippen molar-refractivity contribution >= 4 is 5.96 Å². The molecule has 20 heavy (non-hydrogen) atoms. The summed E-state index contributed by atoms with van der Waals surface area (Å²) in [6, 6.07) is 7.06. The first-order valence-electron chi connectivity index (χ1n) is 7.12. The fourth-order valence-electron chi connectivity index (χ4n) is 1.84. The molecule has 0 aliphatic carbocycles. The summed E-state index contributed by atoms with van der Waals surface area (Å²) in [4.78, 5) is 4.22. The van der Waals surface area contributed by atoms with Crippen molar-refractivity contribution in [1.82, 2.24) is 10.6 Å². The van der Waals surface area contributed by atoms with Crippen molar-refractivity contribution in [2.75, 3.05) is 13.6 Å². The van der Waals surface area contributed by atoms with Gasteiger partial charge in [0, 0.05) is 25.0 Å². The second kappa shape index (κ2) is 7.27. The van der Waals surface area contributed by atoms with Crippen molar-refractivity contribution in [2.45, 2.75) is 45.6 Å². The molecular formula is C16H26FN3. The molecule has 0 aliphatic heterocycles. The van der Waals surface area contributed by atoms with Crippen LogP contribution >= 0.6 is 0 Å². The van der Waals surface area contributed by atoms with Crippen LogP contribution in [0.25, 0.3) is 0 Å². The summed E-state index contributed by atoms with van der Waals surface area (Å²) >= 11 is 0. The molecule has 0 saturated carbocycles. The van der Waals surface area contributed by atoms with Crippen LogP contribution in [0.5, 0.6) is 0 Å². The monoisotopic (exact) mass is 279 g/mol. The van der Waals surface area contributed by atoms with Crippen LogP contribution in [-0.4, -0.2) is 25.6 Å². The molecule has 0 amide bonds. The molecule has 0 spiro atoms. The Bertz CT molecular complexity index is 438. The van der Waals surface area contributed by atoms with Crippen LogP contribution in [0, 0.1) is 5.82 Å². The van der Waals surface area contributed by atoms with Gasteiger partial charge in [-0.05, 0) is 31.0 Å². The van der Waals surface area contributed by atoms with Crippen molar-refractivity contribution < 1.29 is 4.39 Å². The number of halogens is 1. The van der Waals surface area contributed by atoms with E-state index in [1.807, 2.05) is 12.1 Å². The molecule has 0 radical (unpaired) electrons. The third-order valence-corrected chi connectivity index (χ3v) is 3.54. The smallest absolute Gasteiger partial charge is 0.191 e. The third-order valence-electron chi connectivity index (χ3n) is 3.54. The van der Waals surface area contributed by atoms with E-state index in [2.05, 4.69) is 43.3 Å². The fourth-order valence-corrected chi connectivity index (χ4v) is 1.84. The number of nitrogens with zero attached hydrogens (tertiary/aromatic N) is 1. The van der Waals surface area contributed by atoms with Gasteiger partial charge >= 0.3 is 0 Å². The zero-order valence-corrected chi connectivity index (χ0v) is 13.1. The van der Waals surface area contributed by atoms with E-state index in [-0.39, 0.29) is 11.2 Å². The van der Waals surface area contributed by atoms with E-state index in [1.54, 1.807) is 7.05 Å². The summed E-state index contributed by atoms with van der Waals surface area (Å²) < 4.78 is 13.0. The first-order chi connectivity index (χ1) is 9.39. The molecule has 3 nitrogen and oxygen atoms in total. The van der Waals surface area contributed by atoms with Gasteiger partial charge in [-0.15, -0.1) is 0 Å². The summed E-state index contributed by atoms with van der Waals surface area (Å²) in [5.41, 5.74) is 1.01. The van der Waals surface area contributed by atoms with E-state index >= 15 is 0 Å². The Balaban J connectivity index is 2.64. The molecule has 4 heteroatoms. The van der Waals surface area contributed by atoms with Crippen molar-refractivity contribution in [3.05, 3.63) is 35.6 Å². The van der Waals surface area contributed by atoms with Crippen LogP contribution in [0.2, 0.25) is 0 Å². The maximum Gasteiger partial charge on any atom is 0.191 e. The van der Waals surface area contributed by atoms with Crippen molar-refractivity contribution in [2.24, 2.45) is 4.99 Å². The molecule has 1 rings (SSSR count). The maximum atomic E-state index is 13.0. The van der Waals surface area contributed by atoms with Gasteiger partial charge in [0.15, 0.2) is 5.96 Å². The molecule has 0 fully saturated rings. The van der Waals surface area contributed by atoms with Crippen LogP contribution in [0.1, 0.15) is 39.7 Å². The lowest BCUT2D eigenvalue weighted by atomic mass is 9.84. The molecule has 1 unspecified atom stereocenters. The number of nitrogens with one attached hydrogen (secondary N) is 2. The largest absolute Gasteiger partial charge is 0.356 e. The zero-order valence-electron chi connectivity index (χ0n) is 13.1. The minimum Gasteiger partial charge on any atom is -0.356 e. The van der Waals surface area contributed by atoms with Crippen molar-refractivity contribution in [3.63, 3.8) is 0 Å². The quantitative estimate of drug-likeness (QED) is 0.642. The Morgan fingerprint density at radius 1 is 1.30 bits per heavy atom. The molecule has 1 aromatic rings. The van der Waals surface area contributed by atoms with E-state index in [0.717, 1.165) is 24.5 Å². The maximum absolute atomic E-state index is 13.0. The second-order valence-corrected chi connectivity index (χ2v) is 5.77. The van der Waals surface area contributed by atoms with Crippen LogP contribution in [0.15, 0.2) is 29.3 Å². The van der Waals surface area contributed by atoms with Crippen molar-refractivity contribution in [3.8, 4) is 0 Å². The number of aliphatic imine (C=N–C) groups is 1. The van der Waals surface area contributed by atoms with E-state index in [4.69, 9.17) is 0 Å². The van der Waals surface area contributed by atoms with Gasteiger partial charge in [0.05, 0.1) is 0 Å². The molecule has 0 bridgehead atoms. The van der Waals surface area contributed by atoms with Gasteiger partial charge in [-0.3, -0.25) is 4.99 Å². The molecule has 0 aromatic heterocycles. The average molecular weight is 279 g/mol. The SMILES string of the molecule is CCC(C)NC(=NC)NCC(C)(C)c1ccc(F)cc1. The predicted molar refractivity (Wildman–Crippen MR) is 83.7 cm³/mol. The molecule has 2 N–H and O–H groups in total. The Morgan fingerprint density at radius 2 is 1.90 bits per heavy atom. The standard InChI is InChI=1S/C16H26FN3/c1-6-12(2)20-15(18-5)19-11-16(3,4)13-7-9-14(17)10-8-13/h7-10,12H,6,11H2,1-5H3,(H2,18,19,20). The zero-order chi connectivity index (χ0) is 15.2. The number of hydrogen-bond acceptors (Lipinski definition) is 1. The van der Waals surface area contributed by atoms with Gasteiger partial charge in [0.2, 0.25) is 0 Å². The van der Waals surface area contributed by atoms with Crippen LogP contribution in [0.4, 0.5) is 4.39 Å². The van der Waals surface area contributed by atoms with Gasteiger partial charge in [0.25, 0.3) is 0 Å². The predicted octanol–water partition coefficient (Wildman–Crippen LogP) is 3.07. The molecule has 0 heterocycles. The Labute approximate surface area is 121 Å². The molecule has 112 valence electrons. The average Bonchev–Trinajstić information content (AvgIpc) is 2.43. The summed E-state index contributed by atoms with van der Waals surface area (Å²) in [6.45, 7) is 9.24. The molecule has 0 aliphatic rings. The minimum absolute atomic E-state index is 0.0965. The molecule has 1 aromatic carbocycles. The van der Waals surface area contributed by atoms with Gasteiger partial charge in [-0.1, -0.05) is 32.9 Å². The number of hydrogen-bond donors (Lipinski definition) is 2. The van der Waals surface area contributed by atoms with E-state index in [0.29, 0.717) is 6.04 Å². The second-order valence-electron chi connectivity index (χ2n) is 5.77.